The molecule has 0 saturated carbocycles. The molecule has 2 heteroatoms. The van der Waals surface area contributed by atoms with Crippen LogP contribution in [0.15, 0.2) is 0 Å². The van der Waals surface area contributed by atoms with E-state index in [-0.39, 0.29) is 0 Å². The molecule has 10 heavy (non-hydrogen) atoms. The van der Waals surface area contributed by atoms with Crippen molar-refractivity contribution in [3.8, 4) is 0 Å². The Hall–Kier alpha value is -0.530. The Kier molecular flexibility index (Phi) is 1.97. The Morgan fingerprint density at radius 1 is 1.50 bits per heavy atom. The van der Waals surface area contributed by atoms with Gasteiger partial charge in [-0.3, -0.25) is 5.41 Å². The second-order valence-electron chi connectivity index (χ2n) is 3.43. The highest BCUT2D eigenvalue weighted by molar-refractivity contribution is 5.76. The number of nitrogens with one attached hydrogen (secondary N) is 1. The molecule has 1 saturated heterocycles. The van der Waals surface area contributed by atoms with Crippen LogP contribution in [0.25, 0.3) is 0 Å². The molecule has 0 radical (unpaired) electrons. The molecule has 0 aromatic heterocycles. The first-order valence-electron chi connectivity index (χ1n) is 3.93. The van der Waals surface area contributed by atoms with Crippen LogP contribution < -0.4 is 0 Å². The van der Waals surface area contributed by atoms with Gasteiger partial charge in [0.05, 0.1) is 5.84 Å². The summed E-state index contributed by atoms with van der Waals surface area (Å²) in [6, 6.07) is 0.590. The van der Waals surface area contributed by atoms with Gasteiger partial charge >= 0.3 is 0 Å². The van der Waals surface area contributed by atoms with Crippen molar-refractivity contribution in [1.29, 1.82) is 5.41 Å². The van der Waals surface area contributed by atoms with E-state index >= 15 is 0 Å². The van der Waals surface area contributed by atoms with Gasteiger partial charge in [-0.25, -0.2) is 0 Å². The Morgan fingerprint density at radius 3 is 2.30 bits per heavy atom. The third-order valence-corrected chi connectivity index (χ3v) is 2.21. The van der Waals surface area contributed by atoms with E-state index in [1.807, 2.05) is 6.92 Å². The first kappa shape index (κ1) is 7.58. The van der Waals surface area contributed by atoms with Gasteiger partial charge in [-0.05, 0) is 26.2 Å². The molecular weight excluding hydrogens is 124 g/mol. The van der Waals surface area contributed by atoms with Crippen molar-refractivity contribution in [2.45, 2.75) is 33.2 Å². The van der Waals surface area contributed by atoms with Crippen molar-refractivity contribution in [2.75, 3.05) is 6.54 Å². The maximum Gasteiger partial charge on any atom is 0.0928 e. The lowest BCUT2D eigenvalue weighted by molar-refractivity contribution is 0.406. The molecule has 1 rings (SSSR count). The molecule has 1 heterocycles. The molecule has 1 fully saturated rings. The monoisotopic (exact) mass is 140 g/mol. The van der Waals surface area contributed by atoms with Crippen LogP contribution in [0.3, 0.4) is 0 Å². The first-order valence-corrected chi connectivity index (χ1v) is 3.93. The molecule has 2 unspecified atom stereocenters. The van der Waals surface area contributed by atoms with Crippen molar-refractivity contribution in [1.82, 2.24) is 4.90 Å². The van der Waals surface area contributed by atoms with Crippen molar-refractivity contribution < 1.29 is 0 Å². The standard InChI is InChI=1S/C8H16N2/c1-6-4-7(2)10(5-6)8(3)9/h6-7,9H,4-5H2,1-3H3. The highest BCUT2D eigenvalue weighted by Gasteiger charge is 2.25. The molecule has 0 aliphatic carbocycles. The van der Waals surface area contributed by atoms with Crippen LogP contribution in [0.4, 0.5) is 0 Å². The van der Waals surface area contributed by atoms with Crippen LogP contribution in [-0.2, 0) is 0 Å². The summed E-state index contributed by atoms with van der Waals surface area (Å²) >= 11 is 0. The smallest absolute Gasteiger partial charge is 0.0928 e. The zero-order chi connectivity index (χ0) is 7.72. The lowest BCUT2D eigenvalue weighted by Crippen LogP contribution is -2.31. The SMILES string of the molecule is CC(=N)N1CC(C)CC1C. The summed E-state index contributed by atoms with van der Waals surface area (Å²) in [6.07, 6.45) is 1.25. The zero-order valence-electron chi connectivity index (χ0n) is 7.02. The van der Waals surface area contributed by atoms with Crippen LogP contribution in [0.2, 0.25) is 0 Å². The molecule has 58 valence electrons. The highest BCUT2D eigenvalue weighted by Crippen LogP contribution is 2.21. The number of likely N-dealkylation sites (tertiary alicyclic amines) is 1. The van der Waals surface area contributed by atoms with Gasteiger partial charge in [0, 0.05) is 12.6 Å². The fourth-order valence-electron chi connectivity index (χ4n) is 1.77. The molecule has 1 aliphatic rings. The predicted molar refractivity (Wildman–Crippen MR) is 43.3 cm³/mol. The van der Waals surface area contributed by atoms with Crippen LogP contribution in [0, 0.1) is 11.3 Å². The second-order valence-corrected chi connectivity index (χ2v) is 3.43. The van der Waals surface area contributed by atoms with E-state index in [4.69, 9.17) is 5.41 Å². The molecule has 2 nitrogen and oxygen atoms in total. The number of hydrogen-bond donors (Lipinski definition) is 1. The minimum absolute atomic E-state index is 0.590. The Morgan fingerprint density at radius 2 is 2.10 bits per heavy atom. The number of amidine groups is 1. The second kappa shape index (κ2) is 2.60. The summed E-state index contributed by atoms with van der Waals surface area (Å²) in [5.41, 5.74) is 0. The topological polar surface area (TPSA) is 27.1 Å². The molecule has 1 N–H and O–H groups in total. The van der Waals surface area contributed by atoms with Gasteiger partial charge in [0.1, 0.15) is 0 Å². The molecule has 0 spiro atoms. The molecule has 0 amide bonds. The predicted octanol–water partition coefficient (Wildman–Crippen LogP) is 1.71. The van der Waals surface area contributed by atoms with Gasteiger partial charge in [0.15, 0.2) is 0 Å². The van der Waals surface area contributed by atoms with Gasteiger partial charge < -0.3 is 4.90 Å². The average molecular weight is 140 g/mol. The van der Waals surface area contributed by atoms with E-state index < -0.39 is 0 Å². The molecule has 2 atom stereocenters. The summed E-state index contributed by atoms with van der Waals surface area (Å²) < 4.78 is 0. The van der Waals surface area contributed by atoms with E-state index in [0.717, 1.165) is 18.3 Å². The average Bonchev–Trinajstić information content (AvgIpc) is 2.10. The van der Waals surface area contributed by atoms with Gasteiger partial charge in [-0.2, -0.15) is 0 Å². The van der Waals surface area contributed by atoms with Gasteiger partial charge in [-0.1, -0.05) is 6.92 Å². The van der Waals surface area contributed by atoms with E-state index in [1.165, 1.54) is 6.42 Å². The Balaban J connectivity index is 2.54. The largest absolute Gasteiger partial charge is 0.358 e. The highest BCUT2D eigenvalue weighted by atomic mass is 15.2. The summed E-state index contributed by atoms with van der Waals surface area (Å²) in [5, 5.41) is 7.44. The molecule has 0 aromatic rings. The van der Waals surface area contributed by atoms with Crippen molar-refractivity contribution in [2.24, 2.45) is 5.92 Å². The van der Waals surface area contributed by atoms with Gasteiger partial charge in [0.2, 0.25) is 0 Å². The third-order valence-electron chi connectivity index (χ3n) is 2.21. The summed E-state index contributed by atoms with van der Waals surface area (Å²) in [6.45, 7) is 7.39. The van der Waals surface area contributed by atoms with E-state index in [2.05, 4.69) is 18.7 Å². The van der Waals surface area contributed by atoms with Gasteiger partial charge in [-0.15, -0.1) is 0 Å². The lowest BCUT2D eigenvalue weighted by Gasteiger charge is -2.21. The fourth-order valence-corrected chi connectivity index (χ4v) is 1.77. The maximum atomic E-state index is 7.44. The Labute approximate surface area is 62.7 Å². The molecule has 1 aliphatic heterocycles. The fraction of sp³-hybridized carbons (Fsp3) is 0.875. The number of rotatable bonds is 0. The van der Waals surface area contributed by atoms with Crippen molar-refractivity contribution >= 4 is 5.84 Å². The Bertz CT molecular complexity index is 142. The molecule has 0 bridgehead atoms. The van der Waals surface area contributed by atoms with E-state index in [0.29, 0.717) is 6.04 Å². The number of nitrogens with zero attached hydrogens (tertiary/aromatic N) is 1. The molecular formula is C8H16N2. The normalized spacial score (nSPS) is 32.9. The quantitative estimate of drug-likeness (QED) is 0.402. The van der Waals surface area contributed by atoms with E-state index in [9.17, 15) is 0 Å². The van der Waals surface area contributed by atoms with Gasteiger partial charge in [0.25, 0.3) is 0 Å². The number of hydrogen-bond acceptors (Lipinski definition) is 1. The lowest BCUT2D eigenvalue weighted by atomic mass is 10.1. The minimum atomic E-state index is 0.590. The third kappa shape index (κ3) is 1.31. The van der Waals surface area contributed by atoms with Crippen molar-refractivity contribution in [3.63, 3.8) is 0 Å². The maximum absolute atomic E-state index is 7.44. The summed E-state index contributed by atoms with van der Waals surface area (Å²) in [5.74, 6) is 1.49. The van der Waals surface area contributed by atoms with Crippen LogP contribution in [0.1, 0.15) is 27.2 Å². The van der Waals surface area contributed by atoms with Crippen LogP contribution in [0.5, 0.6) is 0 Å². The van der Waals surface area contributed by atoms with Crippen LogP contribution in [-0.4, -0.2) is 23.3 Å². The minimum Gasteiger partial charge on any atom is -0.358 e. The first-order chi connectivity index (χ1) is 4.61. The molecule has 0 aromatic carbocycles. The van der Waals surface area contributed by atoms with E-state index in [1.54, 1.807) is 0 Å². The van der Waals surface area contributed by atoms with Crippen molar-refractivity contribution in [3.05, 3.63) is 0 Å². The van der Waals surface area contributed by atoms with Crippen LogP contribution >= 0.6 is 0 Å². The zero-order valence-corrected chi connectivity index (χ0v) is 7.02. The summed E-state index contributed by atoms with van der Waals surface area (Å²) in [7, 11) is 0. The summed E-state index contributed by atoms with van der Waals surface area (Å²) in [4.78, 5) is 2.17.